The molecule has 5 N–H and O–H groups in total. The van der Waals surface area contributed by atoms with Crippen LogP contribution in [0.2, 0.25) is 0 Å². The van der Waals surface area contributed by atoms with Crippen molar-refractivity contribution in [2.45, 2.75) is 37.2 Å². The number of nitrogens with zero attached hydrogens (tertiary/aromatic N) is 4. The number of hydrogen-bond acceptors (Lipinski definition) is 10. The molecule has 11 nitrogen and oxygen atoms in total. The predicted molar refractivity (Wildman–Crippen MR) is 90.4 cm³/mol. The molecule has 11 heteroatoms. The highest BCUT2D eigenvalue weighted by molar-refractivity contribution is 5.83. The largest absolute Gasteiger partial charge is 0.467 e. The van der Waals surface area contributed by atoms with Gasteiger partial charge in [0, 0.05) is 0 Å². The van der Waals surface area contributed by atoms with Crippen LogP contribution in [0.15, 0.2) is 35.5 Å². The van der Waals surface area contributed by atoms with E-state index in [4.69, 9.17) is 9.15 Å². The molecule has 1 aliphatic rings. The van der Waals surface area contributed by atoms with Crippen molar-refractivity contribution >= 4 is 17.0 Å². The first-order valence-corrected chi connectivity index (χ1v) is 8.34. The van der Waals surface area contributed by atoms with E-state index in [0.717, 1.165) is 0 Å². The fourth-order valence-electron chi connectivity index (χ4n) is 3.09. The average Bonchev–Trinajstić information content (AvgIpc) is 3.35. The second-order valence-corrected chi connectivity index (χ2v) is 6.20. The Hall–Kier alpha value is -2.57. The zero-order chi connectivity index (χ0) is 19.0. The Bertz CT molecular complexity index is 898. The normalized spacial score (nSPS) is 28.5. The van der Waals surface area contributed by atoms with E-state index in [1.165, 1.54) is 17.2 Å². The molecule has 0 unspecified atom stereocenters. The third-order valence-corrected chi connectivity index (χ3v) is 4.52. The molecule has 144 valence electrons. The molecule has 27 heavy (non-hydrogen) atoms. The SMILES string of the molecule is OC[C@H]1O[C@@H](n2cnc3ncnc(NCc4ccco4)c32)[C@H](O)[C@@H](O)[C@@H]1O. The number of imidazole rings is 1. The number of aromatic nitrogens is 4. The highest BCUT2D eigenvalue weighted by Crippen LogP contribution is 2.32. The maximum absolute atomic E-state index is 10.4. The first kappa shape index (κ1) is 17.8. The van der Waals surface area contributed by atoms with Gasteiger partial charge in [-0.1, -0.05) is 0 Å². The summed E-state index contributed by atoms with van der Waals surface area (Å²) in [5.41, 5.74) is 0.789. The van der Waals surface area contributed by atoms with Gasteiger partial charge in [-0.15, -0.1) is 0 Å². The number of nitrogens with one attached hydrogen (secondary N) is 1. The molecule has 0 amide bonds. The number of fused-ring (bicyclic) bond motifs is 1. The molecule has 3 aromatic rings. The molecule has 5 atom stereocenters. The van der Waals surface area contributed by atoms with E-state index in [2.05, 4.69) is 20.3 Å². The van der Waals surface area contributed by atoms with Crippen LogP contribution in [0.5, 0.6) is 0 Å². The van der Waals surface area contributed by atoms with Crippen LogP contribution in [0.1, 0.15) is 12.0 Å². The first-order valence-electron chi connectivity index (χ1n) is 8.34. The maximum atomic E-state index is 10.4. The van der Waals surface area contributed by atoms with E-state index in [0.29, 0.717) is 29.3 Å². The minimum absolute atomic E-state index is 0.351. The van der Waals surface area contributed by atoms with Crippen molar-refractivity contribution in [2.75, 3.05) is 11.9 Å². The van der Waals surface area contributed by atoms with Crippen LogP contribution in [0.25, 0.3) is 11.2 Å². The lowest BCUT2D eigenvalue weighted by molar-refractivity contribution is -0.250. The zero-order valence-corrected chi connectivity index (χ0v) is 14.1. The molecular formula is C16H19N5O6. The molecule has 4 rings (SSSR count). The molecule has 0 aromatic carbocycles. The number of anilines is 1. The monoisotopic (exact) mass is 377 g/mol. The van der Waals surface area contributed by atoms with Crippen molar-refractivity contribution in [3.05, 3.63) is 36.8 Å². The molecule has 0 saturated carbocycles. The third-order valence-electron chi connectivity index (χ3n) is 4.52. The van der Waals surface area contributed by atoms with Gasteiger partial charge in [0.25, 0.3) is 0 Å². The summed E-state index contributed by atoms with van der Waals surface area (Å²) in [5.74, 6) is 1.12. The zero-order valence-electron chi connectivity index (χ0n) is 14.1. The lowest BCUT2D eigenvalue weighted by atomic mass is 9.98. The van der Waals surface area contributed by atoms with Crippen molar-refractivity contribution in [3.63, 3.8) is 0 Å². The van der Waals surface area contributed by atoms with E-state index >= 15 is 0 Å². The lowest BCUT2D eigenvalue weighted by Crippen LogP contribution is -2.56. The summed E-state index contributed by atoms with van der Waals surface area (Å²) in [7, 11) is 0. The van der Waals surface area contributed by atoms with Gasteiger partial charge in [-0.05, 0) is 12.1 Å². The molecular weight excluding hydrogens is 358 g/mol. The first-order chi connectivity index (χ1) is 13.1. The molecule has 1 fully saturated rings. The van der Waals surface area contributed by atoms with Crippen molar-refractivity contribution in [1.29, 1.82) is 0 Å². The summed E-state index contributed by atoms with van der Waals surface area (Å²) in [5, 5.41) is 42.9. The van der Waals surface area contributed by atoms with Gasteiger partial charge in [0.05, 0.1) is 19.4 Å². The van der Waals surface area contributed by atoms with Crippen molar-refractivity contribution in [1.82, 2.24) is 19.5 Å². The van der Waals surface area contributed by atoms with Crippen LogP contribution in [0.3, 0.4) is 0 Å². The number of ether oxygens (including phenoxy) is 1. The van der Waals surface area contributed by atoms with Crippen LogP contribution in [0.4, 0.5) is 5.82 Å². The molecule has 0 radical (unpaired) electrons. The molecule has 3 aromatic heterocycles. The second-order valence-electron chi connectivity index (χ2n) is 6.20. The summed E-state index contributed by atoms with van der Waals surface area (Å²) in [6.45, 7) is -0.160. The number of aliphatic hydroxyl groups excluding tert-OH is 4. The Morgan fingerprint density at radius 2 is 1.96 bits per heavy atom. The summed E-state index contributed by atoms with van der Waals surface area (Å²) < 4.78 is 12.3. The molecule has 0 spiro atoms. The van der Waals surface area contributed by atoms with Gasteiger partial charge in [-0.2, -0.15) is 0 Å². The minimum Gasteiger partial charge on any atom is -0.467 e. The number of furan rings is 1. The fraction of sp³-hybridized carbons (Fsp3) is 0.438. The second kappa shape index (κ2) is 7.21. The summed E-state index contributed by atoms with van der Waals surface area (Å²) in [6, 6.07) is 3.57. The summed E-state index contributed by atoms with van der Waals surface area (Å²) in [4.78, 5) is 12.5. The van der Waals surface area contributed by atoms with Gasteiger partial charge < -0.3 is 34.9 Å². The Balaban J connectivity index is 1.69. The number of hydrogen-bond donors (Lipinski definition) is 5. The van der Waals surface area contributed by atoms with E-state index in [1.54, 1.807) is 18.4 Å². The van der Waals surface area contributed by atoms with E-state index in [-0.39, 0.29) is 0 Å². The Kier molecular flexibility index (Phi) is 4.76. The van der Waals surface area contributed by atoms with Crippen LogP contribution >= 0.6 is 0 Å². The third kappa shape index (κ3) is 3.15. The van der Waals surface area contributed by atoms with Crippen molar-refractivity contribution in [2.24, 2.45) is 0 Å². The molecule has 1 saturated heterocycles. The Labute approximate surface area is 152 Å². The van der Waals surface area contributed by atoms with E-state index in [9.17, 15) is 20.4 Å². The molecule has 4 heterocycles. The van der Waals surface area contributed by atoms with Crippen molar-refractivity contribution in [3.8, 4) is 0 Å². The van der Waals surface area contributed by atoms with Gasteiger partial charge in [0.1, 0.15) is 48.3 Å². The van der Waals surface area contributed by atoms with E-state index < -0.39 is 37.3 Å². The van der Waals surface area contributed by atoms with Gasteiger partial charge >= 0.3 is 0 Å². The van der Waals surface area contributed by atoms with Crippen LogP contribution in [-0.4, -0.2) is 71.0 Å². The number of aliphatic hydroxyl groups is 4. The highest BCUT2D eigenvalue weighted by atomic mass is 16.6. The number of rotatable bonds is 5. The standard InChI is InChI=1S/C16H19N5O6/c22-5-9-11(23)12(24)13(25)16(27-9)21-7-20-15-10(21)14(18-6-19-15)17-4-8-2-1-3-26-8/h1-3,6-7,9,11-13,16,22-25H,4-5H2,(H,17,18,19)/t9-,11-,12+,13-,16-/m1/s1. The Morgan fingerprint density at radius 3 is 2.70 bits per heavy atom. The van der Waals surface area contributed by atoms with Crippen LogP contribution in [-0.2, 0) is 11.3 Å². The van der Waals surface area contributed by atoms with Gasteiger partial charge in [-0.3, -0.25) is 4.57 Å². The lowest BCUT2D eigenvalue weighted by Gasteiger charge is -2.40. The topological polar surface area (TPSA) is 159 Å². The summed E-state index contributed by atoms with van der Waals surface area (Å²) in [6.07, 6.45) is -2.22. The molecule has 1 aliphatic heterocycles. The summed E-state index contributed by atoms with van der Waals surface area (Å²) >= 11 is 0. The maximum Gasteiger partial charge on any atom is 0.183 e. The predicted octanol–water partition coefficient (Wildman–Crippen LogP) is -0.996. The van der Waals surface area contributed by atoms with Gasteiger partial charge in [0.2, 0.25) is 0 Å². The fourth-order valence-corrected chi connectivity index (χ4v) is 3.09. The molecule has 0 aliphatic carbocycles. The van der Waals surface area contributed by atoms with Crippen LogP contribution < -0.4 is 5.32 Å². The minimum atomic E-state index is -1.50. The Morgan fingerprint density at radius 1 is 1.11 bits per heavy atom. The van der Waals surface area contributed by atoms with Gasteiger partial charge in [0.15, 0.2) is 17.7 Å². The van der Waals surface area contributed by atoms with E-state index in [1.807, 2.05) is 0 Å². The average molecular weight is 377 g/mol. The van der Waals surface area contributed by atoms with Gasteiger partial charge in [-0.25, -0.2) is 15.0 Å². The smallest absolute Gasteiger partial charge is 0.183 e. The van der Waals surface area contributed by atoms with Crippen LogP contribution in [0, 0.1) is 0 Å². The van der Waals surface area contributed by atoms with Crippen molar-refractivity contribution < 1.29 is 29.6 Å². The molecule has 0 bridgehead atoms. The highest BCUT2D eigenvalue weighted by Gasteiger charge is 2.44. The quantitative estimate of drug-likeness (QED) is 0.373.